The van der Waals surface area contributed by atoms with Gasteiger partial charge in [-0.25, -0.2) is 0 Å². The number of rotatable bonds is 47. The zero-order chi connectivity index (χ0) is 49.6. The number of carbonyl (C=O) groups is 2. The first-order valence-corrected chi connectivity index (χ1v) is 27.9. The molecule has 6 N–H and O–H groups in total. The Labute approximate surface area is 415 Å². The Morgan fingerprint density at radius 3 is 1.50 bits per heavy atom. The standard InChI is InChI=1S/C57H103NO10/c1-3-5-7-9-11-13-15-20-24-27-31-35-39-43-50(60)49(48-67-57-56(65)55(64)54(63)51(47-59)68-57)58-52(61)44-40-36-32-28-25-21-18-16-17-19-22-26-30-34-38-42-46-66-53(62)45-41-37-33-29-23-14-12-10-8-6-4-2/h10,12,16,18,24,27,39,43,49-51,54-57,59-60,63-65H,3-9,11,13-15,17,19-23,25-26,28-38,40-42,44-48H2,1-2H3,(H,58,61)/b12-10-,18-16-,27-24+,43-39+. The molecule has 0 aromatic carbocycles. The summed E-state index contributed by atoms with van der Waals surface area (Å²) in [5, 5.41) is 54.3. The largest absolute Gasteiger partial charge is 0.466 e. The third-order valence-corrected chi connectivity index (χ3v) is 12.9. The SMILES string of the molecule is CCCC/C=C\CCCCCCCC(=O)OCCCCCCCCC/C=C\CCCCCCCC(=O)NC(COC1OC(CO)C(O)C(O)C1O)C(O)/C=C/CC/C=C/CCCCCCCCC. The predicted molar refractivity (Wildman–Crippen MR) is 278 cm³/mol. The monoisotopic (exact) mass is 962 g/mol. The van der Waals surface area contributed by atoms with E-state index in [1.54, 1.807) is 6.08 Å². The molecule has 11 nitrogen and oxygen atoms in total. The van der Waals surface area contributed by atoms with Gasteiger partial charge < -0.3 is 45.1 Å². The Morgan fingerprint density at radius 2 is 0.971 bits per heavy atom. The molecule has 0 aromatic rings. The molecule has 1 rings (SSSR count). The maximum absolute atomic E-state index is 13.0. The molecule has 0 spiro atoms. The van der Waals surface area contributed by atoms with Crippen LogP contribution < -0.4 is 5.32 Å². The van der Waals surface area contributed by atoms with Crippen LogP contribution in [-0.2, 0) is 23.8 Å². The molecule has 396 valence electrons. The second-order valence-corrected chi connectivity index (χ2v) is 19.3. The normalized spacial score (nSPS) is 19.8. The highest BCUT2D eigenvalue weighted by Crippen LogP contribution is 2.23. The van der Waals surface area contributed by atoms with Crippen LogP contribution in [-0.4, -0.2) is 100 Å². The van der Waals surface area contributed by atoms with Gasteiger partial charge in [-0.15, -0.1) is 0 Å². The number of ether oxygens (including phenoxy) is 3. The van der Waals surface area contributed by atoms with Crippen LogP contribution in [0.4, 0.5) is 0 Å². The van der Waals surface area contributed by atoms with E-state index in [-0.39, 0.29) is 18.5 Å². The van der Waals surface area contributed by atoms with E-state index in [0.717, 1.165) is 89.9 Å². The number of aliphatic hydroxyl groups excluding tert-OH is 5. The third kappa shape index (κ3) is 36.5. The third-order valence-electron chi connectivity index (χ3n) is 12.9. The minimum absolute atomic E-state index is 0.0334. The van der Waals surface area contributed by atoms with Gasteiger partial charge in [0.2, 0.25) is 5.91 Å². The lowest BCUT2D eigenvalue weighted by Crippen LogP contribution is -2.60. The molecular formula is C57H103NO10. The Kier molecular flexibility index (Phi) is 44.0. The molecule has 1 aliphatic rings. The highest BCUT2D eigenvalue weighted by atomic mass is 16.7. The van der Waals surface area contributed by atoms with Crippen LogP contribution in [0.2, 0.25) is 0 Å². The van der Waals surface area contributed by atoms with Gasteiger partial charge in [0.15, 0.2) is 6.29 Å². The molecule has 7 atom stereocenters. The molecular weight excluding hydrogens is 859 g/mol. The summed E-state index contributed by atoms with van der Waals surface area (Å²) >= 11 is 0. The van der Waals surface area contributed by atoms with Crippen molar-refractivity contribution in [2.24, 2.45) is 0 Å². The van der Waals surface area contributed by atoms with Crippen molar-refractivity contribution >= 4 is 11.9 Å². The first kappa shape index (κ1) is 63.6. The highest BCUT2D eigenvalue weighted by Gasteiger charge is 2.44. The first-order chi connectivity index (χ1) is 33.2. The van der Waals surface area contributed by atoms with Crippen molar-refractivity contribution in [3.63, 3.8) is 0 Å². The van der Waals surface area contributed by atoms with E-state index < -0.39 is 49.5 Å². The predicted octanol–water partition coefficient (Wildman–Crippen LogP) is 12.1. The van der Waals surface area contributed by atoms with Gasteiger partial charge in [0.1, 0.15) is 24.4 Å². The molecule has 0 bridgehead atoms. The average Bonchev–Trinajstić information content (AvgIpc) is 3.33. The molecule has 7 unspecified atom stereocenters. The number of amides is 1. The van der Waals surface area contributed by atoms with Crippen molar-refractivity contribution in [2.75, 3.05) is 19.8 Å². The van der Waals surface area contributed by atoms with Crippen molar-refractivity contribution in [3.8, 4) is 0 Å². The Morgan fingerprint density at radius 1 is 0.529 bits per heavy atom. The van der Waals surface area contributed by atoms with Gasteiger partial charge in [0.05, 0.1) is 32.0 Å². The molecule has 1 amide bonds. The van der Waals surface area contributed by atoms with Crippen molar-refractivity contribution in [1.82, 2.24) is 5.32 Å². The van der Waals surface area contributed by atoms with E-state index >= 15 is 0 Å². The quantitative estimate of drug-likeness (QED) is 0.0196. The topological polar surface area (TPSA) is 175 Å². The van der Waals surface area contributed by atoms with E-state index in [1.807, 2.05) is 6.08 Å². The van der Waals surface area contributed by atoms with Gasteiger partial charge in [-0.1, -0.05) is 184 Å². The summed E-state index contributed by atoms with van der Waals surface area (Å²) in [5.74, 6) is -0.244. The molecule has 1 heterocycles. The second-order valence-electron chi connectivity index (χ2n) is 19.3. The van der Waals surface area contributed by atoms with Gasteiger partial charge in [-0.05, 0) is 89.9 Å². The van der Waals surface area contributed by atoms with Crippen molar-refractivity contribution < 1.29 is 49.3 Å². The van der Waals surface area contributed by atoms with Gasteiger partial charge in [0, 0.05) is 12.8 Å². The van der Waals surface area contributed by atoms with Gasteiger partial charge in [-0.2, -0.15) is 0 Å². The summed E-state index contributed by atoms with van der Waals surface area (Å²) in [5.41, 5.74) is 0. The Hall–Kier alpha value is -2.38. The van der Waals surface area contributed by atoms with E-state index in [2.05, 4.69) is 55.6 Å². The fourth-order valence-corrected chi connectivity index (χ4v) is 8.37. The molecule has 0 radical (unpaired) electrons. The molecule has 11 heteroatoms. The van der Waals surface area contributed by atoms with Crippen LogP contribution in [0.25, 0.3) is 0 Å². The van der Waals surface area contributed by atoms with Gasteiger partial charge in [-0.3, -0.25) is 9.59 Å². The second kappa shape index (κ2) is 47.0. The maximum atomic E-state index is 13.0. The van der Waals surface area contributed by atoms with E-state index in [9.17, 15) is 35.1 Å². The number of esters is 1. The van der Waals surface area contributed by atoms with Crippen LogP contribution in [0, 0.1) is 0 Å². The molecule has 0 saturated carbocycles. The molecule has 0 aliphatic carbocycles. The molecule has 1 aliphatic heterocycles. The fourth-order valence-electron chi connectivity index (χ4n) is 8.37. The summed E-state index contributed by atoms with van der Waals surface area (Å²) in [6.07, 6.45) is 47.6. The summed E-state index contributed by atoms with van der Waals surface area (Å²) in [6, 6.07) is -0.840. The number of unbranched alkanes of at least 4 members (excludes halogenated alkanes) is 27. The van der Waals surface area contributed by atoms with Crippen LogP contribution in [0.15, 0.2) is 48.6 Å². The van der Waals surface area contributed by atoms with Gasteiger partial charge >= 0.3 is 5.97 Å². The van der Waals surface area contributed by atoms with Crippen LogP contribution in [0.5, 0.6) is 0 Å². The molecule has 0 aromatic heterocycles. The number of aliphatic hydroxyl groups is 5. The smallest absolute Gasteiger partial charge is 0.305 e. The summed E-state index contributed by atoms with van der Waals surface area (Å²) in [7, 11) is 0. The van der Waals surface area contributed by atoms with E-state index in [1.165, 1.54) is 122 Å². The Balaban J connectivity index is 2.18. The fraction of sp³-hybridized carbons (Fsp3) is 0.825. The number of hydrogen-bond donors (Lipinski definition) is 6. The first-order valence-electron chi connectivity index (χ1n) is 27.9. The van der Waals surface area contributed by atoms with E-state index in [4.69, 9.17) is 14.2 Å². The van der Waals surface area contributed by atoms with Crippen LogP contribution in [0.3, 0.4) is 0 Å². The highest BCUT2D eigenvalue weighted by molar-refractivity contribution is 5.76. The number of carbonyl (C=O) groups excluding carboxylic acids is 2. The van der Waals surface area contributed by atoms with Crippen molar-refractivity contribution in [2.45, 2.75) is 281 Å². The summed E-state index contributed by atoms with van der Waals surface area (Å²) in [6.45, 7) is 4.23. The van der Waals surface area contributed by atoms with E-state index in [0.29, 0.717) is 19.4 Å². The van der Waals surface area contributed by atoms with Crippen molar-refractivity contribution in [3.05, 3.63) is 48.6 Å². The number of hydrogen-bond acceptors (Lipinski definition) is 10. The Bertz CT molecular complexity index is 1270. The number of nitrogens with one attached hydrogen (secondary N) is 1. The van der Waals surface area contributed by atoms with Crippen LogP contribution >= 0.6 is 0 Å². The number of allylic oxidation sites excluding steroid dienone is 7. The zero-order valence-corrected chi connectivity index (χ0v) is 43.3. The summed E-state index contributed by atoms with van der Waals surface area (Å²) in [4.78, 5) is 25.0. The maximum Gasteiger partial charge on any atom is 0.305 e. The molecule has 68 heavy (non-hydrogen) atoms. The van der Waals surface area contributed by atoms with Crippen LogP contribution in [0.1, 0.15) is 239 Å². The lowest BCUT2D eigenvalue weighted by atomic mass is 9.99. The minimum Gasteiger partial charge on any atom is -0.466 e. The molecule has 1 saturated heterocycles. The van der Waals surface area contributed by atoms with Crippen molar-refractivity contribution in [1.29, 1.82) is 0 Å². The zero-order valence-electron chi connectivity index (χ0n) is 43.3. The minimum atomic E-state index is -1.58. The lowest BCUT2D eigenvalue weighted by Gasteiger charge is -2.40. The average molecular weight is 962 g/mol. The van der Waals surface area contributed by atoms with Gasteiger partial charge in [0.25, 0.3) is 0 Å². The molecule has 1 fully saturated rings. The summed E-state index contributed by atoms with van der Waals surface area (Å²) < 4.78 is 16.6. The lowest BCUT2D eigenvalue weighted by molar-refractivity contribution is -0.302.